The van der Waals surface area contributed by atoms with Gasteiger partial charge in [0.25, 0.3) is 0 Å². The summed E-state index contributed by atoms with van der Waals surface area (Å²) in [5.41, 5.74) is 0. The van der Waals surface area contributed by atoms with Crippen LogP contribution >= 0.6 is 12.2 Å². The Balaban J connectivity index is 2.24. The number of nitrogens with zero attached hydrogens (tertiary/aromatic N) is 1. The largest absolute Gasteiger partial charge is 0.362 e. The Labute approximate surface area is 93.1 Å². The van der Waals surface area contributed by atoms with Crippen molar-refractivity contribution in [1.29, 1.82) is 0 Å². The fraction of sp³-hybridized carbons (Fsp3) is 0.909. The van der Waals surface area contributed by atoms with Crippen molar-refractivity contribution in [2.45, 2.75) is 33.6 Å². The van der Waals surface area contributed by atoms with Gasteiger partial charge in [-0.3, -0.25) is 0 Å². The second-order valence-corrected chi connectivity index (χ2v) is 5.14. The van der Waals surface area contributed by atoms with Crippen LogP contribution in [0.25, 0.3) is 0 Å². The van der Waals surface area contributed by atoms with Crippen molar-refractivity contribution in [3.05, 3.63) is 0 Å². The number of hydrogen-bond donors (Lipinski definition) is 1. The van der Waals surface area contributed by atoms with Gasteiger partial charge in [0.1, 0.15) is 0 Å². The van der Waals surface area contributed by atoms with Crippen LogP contribution in [0.3, 0.4) is 0 Å². The van der Waals surface area contributed by atoms with Gasteiger partial charge in [-0.1, -0.05) is 20.8 Å². The summed E-state index contributed by atoms with van der Waals surface area (Å²) in [6.45, 7) is 9.98. The van der Waals surface area contributed by atoms with Crippen molar-refractivity contribution in [3.8, 4) is 0 Å². The molecule has 0 aromatic rings. The molecule has 0 atom stereocenters. The quantitative estimate of drug-likeness (QED) is 0.710. The van der Waals surface area contributed by atoms with Crippen LogP contribution in [0.4, 0.5) is 0 Å². The third kappa shape index (κ3) is 3.82. The summed E-state index contributed by atoms with van der Waals surface area (Å²) in [6.07, 6.45) is 2.56. The van der Waals surface area contributed by atoms with Gasteiger partial charge in [0.05, 0.1) is 0 Å². The molecule has 3 heteroatoms. The maximum atomic E-state index is 5.35. The Morgan fingerprint density at radius 2 is 2.00 bits per heavy atom. The van der Waals surface area contributed by atoms with Crippen LogP contribution in [-0.4, -0.2) is 29.6 Å². The fourth-order valence-corrected chi connectivity index (χ4v) is 1.88. The molecule has 0 aliphatic carbocycles. The minimum atomic E-state index is 0.664. The van der Waals surface area contributed by atoms with Crippen LogP contribution in [0.1, 0.15) is 33.6 Å². The van der Waals surface area contributed by atoms with E-state index < -0.39 is 0 Å². The van der Waals surface area contributed by atoms with Crippen molar-refractivity contribution >= 4 is 17.3 Å². The molecular formula is C11H22N2S. The normalized spacial score (nSPS) is 18.7. The lowest BCUT2D eigenvalue weighted by Crippen LogP contribution is -2.44. The van der Waals surface area contributed by atoms with E-state index in [0.29, 0.717) is 5.92 Å². The molecule has 0 amide bonds. The van der Waals surface area contributed by atoms with Crippen molar-refractivity contribution in [2.75, 3.05) is 19.6 Å². The molecule has 1 aliphatic heterocycles. The number of nitrogens with one attached hydrogen (secondary N) is 1. The Bertz CT molecular complexity index is 184. The van der Waals surface area contributed by atoms with Crippen LogP contribution in [-0.2, 0) is 0 Å². The monoisotopic (exact) mass is 214 g/mol. The third-order valence-electron chi connectivity index (χ3n) is 2.73. The van der Waals surface area contributed by atoms with Crippen molar-refractivity contribution in [1.82, 2.24) is 10.2 Å². The van der Waals surface area contributed by atoms with Gasteiger partial charge in [0.15, 0.2) is 5.11 Å². The van der Waals surface area contributed by atoms with Gasteiger partial charge >= 0.3 is 0 Å². The van der Waals surface area contributed by atoms with Gasteiger partial charge in [-0.25, -0.2) is 0 Å². The SMILES string of the molecule is CC(C)CNC(=S)N1CCC(C)CC1. The van der Waals surface area contributed by atoms with E-state index in [4.69, 9.17) is 12.2 Å². The first-order valence-corrected chi connectivity index (χ1v) is 6.03. The fourth-order valence-electron chi connectivity index (χ4n) is 1.61. The first-order chi connectivity index (χ1) is 6.59. The van der Waals surface area contributed by atoms with E-state index in [-0.39, 0.29) is 0 Å². The standard InChI is InChI=1S/C11H22N2S/c1-9(2)8-12-11(14)13-6-4-10(3)5-7-13/h9-10H,4-8H2,1-3H3,(H,12,14). The number of piperidine rings is 1. The lowest BCUT2D eigenvalue weighted by Gasteiger charge is -2.32. The highest BCUT2D eigenvalue weighted by atomic mass is 32.1. The van der Waals surface area contributed by atoms with Gasteiger partial charge in [-0.2, -0.15) is 0 Å². The Hall–Kier alpha value is -0.310. The highest BCUT2D eigenvalue weighted by Gasteiger charge is 2.17. The number of likely N-dealkylation sites (tertiary alicyclic amines) is 1. The minimum absolute atomic E-state index is 0.664. The molecule has 1 heterocycles. The zero-order valence-electron chi connectivity index (χ0n) is 9.55. The lowest BCUT2D eigenvalue weighted by atomic mass is 10.00. The Morgan fingerprint density at radius 1 is 1.43 bits per heavy atom. The summed E-state index contributed by atoms with van der Waals surface area (Å²) in [4.78, 5) is 2.30. The summed E-state index contributed by atoms with van der Waals surface area (Å²) in [5.74, 6) is 1.54. The van der Waals surface area contributed by atoms with Gasteiger partial charge in [-0.05, 0) is 36.9 Å². The molecule has 0 bridgehead atoms. The molecule has 0 aromatic carbocycles. The summed E-state index contributed by atoms with van der Waals surface area (Å²) >= 11 is 5.35. The molecule has 0 aromatic heterocycles. The first-order valence-electron chi connectivity index (χ1n) is 5.62. The molecule has 82 valence electrons. The van der Waals surface area contributed by atoms with Gasteiger partial charge < -0.3 is 10.2 Å². The van der Waals surface area contributed by atoms with Gasteiger partial charge in [0, 0.05) is 19.6 Å². The Morgan fingerprint density at radius 3 is 2.50 bits per heavy atom. The summed E-state index contributed by atoms with van der Waals surface area (Å²) in [7, 11) is 0. The minimum Gasteiger partial charge on any atom is -0.362 e. The van der Waals surface area contributed by atoms with Crippen molar-refractivity contribution in [2.24, 2.45) is 11.8 Å². The molecular weight excluding hydrogens is 192 g/mol. The predicted octanol–water partition coefficient (Wildman–Crippen LogP) is 2.25. The smallest absolute Gasteiger partial charge is 0.168 e. The third-order valence-corrected chi connectivity index (χ3v) is 3.13. The molecule has 1 saturated heterocycles. The highest BCUT2D eigenvalue weighted by molar-refractivity contribution is 7.80. The van der Waals surface area contributed by atoms with E-state index in [1.165, 1.54) is 12.8 Å². The zero-order chi connectivity index (χ0) is 10.6. The first kappa shape index (κ1) is 11.8. The topological polar surface area (TPSA) is 15.3 Å². The van der Waals surface area contributed by atoms with Crippen LogP contribution in [0, 0.1) is 11.8 Å². The molecule has 1 N–H and O–H groups in total. The van der Waals surface area contributed by atoms with Crippen LogP contribution < -0.4 is 5.32 Å². The summed E-state index contributed by atoms with van der Waals surface area (Å²) in [5, 5.41) is 4.27. The van der Waals surface area contributed by atoms with E-state index in [2.05, 4.69) is 31.0 Å². The maximum Gasteiger partial charge on any atom is 0.168 e. The van der Waals surface area contributed by atoms with E-state index in [9.17, 15) is 0 Å². The van der Waals surface area contributed by atoms with Crippen LogP contribution in [0.5, 0.6) is 0 Å². The molecule has 0 unspecified atom stereocenters. The second kappa shape index (κ2) is 5.54. The van der Waals surface area contributed by atoms with E-state index >= 15 is 0 Å². The molecule has 1 rings (SSSR count). The summed E-state index contributed by atoms with van der Waals surface area (Å²) in [6, 6.07) is 0. The van der Waals surface area contributed by atoms with Crippen LogP contribution in [0.2, 0.25) is 0 Å². The molecule has 1 fully saturated rings. The predicted molar refractivity (Wildman–Crippen MR) is 65.4 cm³/mol. The molecule has 1 aliphatic rings. The number of rotatable bonds is 2. The van der Waals surface area contributed by atoms with Crippen LogP contribution in [0.15, 0.2) is 0 Å². The van der Waals surface area contributed by atoms with Gasteiger partial charge in [-0.15, -0.1) is 0 Å². The molecule has 0 spiro atoms. The van der Waals surface area contributed by atoms with E-state index in [0.717, 1.165) is 30.7 Å². The van der Waals surface area contributed by atoms with E-state index in [1.807, 2.05) is 0 Å². The average molecular weight is 214 g/mol. The molecule has 14 heavy (non-hydrogen) atoms. The molecule has 2 nitrogen and oxygen atoms in total. The highest BCUT2D eigenvalue weighted by Crippen LogP contribution is 2.15. The second-order valence-electron chi connectivity index (χ2n) is 4.75. The van der Waals surface area contributed by atoms with E-state index in [1.54, 1.807) is 0 Å². The zero-order valence-corrected chi connectivity index (χ0v) is 10.4. The Kier molecular flexibility index (Phi) is 4.66. The maximum absolute atomic E-state index is 5.35. The molecule has 0 saturated carbocycles. The number of thiocarbonyl (C=S) groups is 1. The summed E-state index contributed by atoms with van der Waals surface area (Å²) < 4.78 is 0. The average Bonchev–Trinajstić information content (AvgIpc) is 2.15. The number of hydrogen-bond acceptors (Lipinski definition) is 1. The van der Waals surface area contributed by atoms with Crippen molar-refractivity contribution < 1.29 is 0 Å². The molecule has 0 radical (unpaired) electrons. The van der Waals surface area contributed by atoms with Gasteiger partial charge in [0.2, 0.25) is 0 Å². The lowest BCUT2D eigenvalue weighted by molar-refractivity contribution is 0.277. The van der Waals surface area contributed by atoms with Crippen molar-refractivity contribution in [3.63, 3.8) is 0 Å².